The molecule has 4 rings (SSSR count). The van der Waals surface area contributed by atoms with Crippen molar-refractivity contribution in [3.05, 3.63) is 130 Å². The first kappa shape index (κ1) is 33.7. The number of aliphatic hydroxyl groups excluding tert-OH is 1. The summed E-state index contributed by atoms with van der Waals surface area (Å²) in [5.74, 6) is 0. The molecule has 44 heavy (non-hydrogen) atoms. The van der Waals surface area contributed by atoms with Crippen LogP contribution in [0.2, 0.25) is 5.04 Å². The van der Waals surface area contributed by atoms with E-state index in [4.69, 9.17) is 9.16 Å². The van der Waals surface area contributed by atoms with E-state index in [1.165, 1.54) is 10.4 Å². The van der Waals surface area contributed by atoms with E-state index in [9.17, 15) is 9.90 Å². The lowest BCUT2D eigenvalue weighted by atomic mass is 10.0. The fourth-order valence-electron chi connectivity index (χ4n) is 5.62. The lowest BCUT2D eigenvalue weighted by Crippen LogP contribution is -2.66. The van der Waals surface area contributed by atoms with Crippen molar-refractivity contribution in [1.82, 2.24) is 4.90 Å². The number of amides is 1. The van der Waals surface area contributed by atoms with Crippen molar-refractivity contribution in [2.24, 2.45) is 0 Å². The molecule has 0 saturated heterocycles. The Labute approximate surface area is 272 Å². The van der Waals surface area contributed by atoms with E-state index in [0.717, 1.165) is 15.6 Å². The number of carbonyl (C=O) groups excluding carboxylic acids is 1. The van der Waals surface area contributed by atoms with Gasteiger partial charge in [-0.25, -0.2) is 4.79 Å². The molecule has 4 aromatic rings. The molecule has 0 aromatic heterocycles. The zero-order chi connectivity index (χ0) is 32.0. The van der Waals surface area contributed by atoms with Crippen LogP contribution < -0.4 is 10.4 Å². The average Bonchev–Trinajstić information content (AvgIpc) is 2.98. The van der Waals surface area contributed by atoms with Gasteiger partial charge in [0.25, 0.3) is 8.32 Å². The van der Waals surface area contributed by atoms with Crippen molar-refractivity contribution in [2.75, 3.05) is 6.54 Å². The van der Waals surface area contributed by atoms with Gasteiger partial charge in [0.05, 0.1) is 19.3 Å². The molecule has 1 N–H and O–H groups in total. The minimum atomic E-state index is -2.83. The van der Waals surface area contributed by atoms with Gasteiger partial charge in [0.1, 0.15) is 5.60 Å². The molecule has 0 spiro atoms. The lowest BCUT2D eigenvalue weighted by molar-refractivity contribution is 0.0122. The third kappa shape index (κ3) is 8.07. The first-order valence-electron chi connectivity index (χ1n) is 15.0. The minimum Gasteiger partial charge on any atom is -0.444 e. The van der Waals surface area contributed by atoms with Gasteiger partial charge >= 0.3 is 6.09 Å². The summed E-state index contributed by atoms with van der Waals surface area (Å²) in [5, 5.41) is 13.9. The standard InChI is InChI=1S/C37H44BrNO4Si/c1-36(2,3)43-35(41)39(25-28-17-10-7-11-18-28)26-34(40)31-23-16-24-33(38)32(31)27-42-44(37(4,5)6,29-19-12-8-13-20-29)30-21-14-9-15-22-30/h7-24,34,40H,25-27H2,1-6H3. The van der Waals surface area contributed by atoms with E-state index < -0.39 is 26.1 Å². The van der Waals surface area contributed by atoms with Crippen molar-refractivity contribution in [3.63, 3.8) is 0 Å². The summed E-state index contributed by atoms with van der Waals surface area (Å²) < 4.78 is 13.8. The summed E-state index contributed by atoms with van der Waals surface area (Å²) in [7, 11) is -2.83. The molecule has 1 amide bonds. The largest absolute Gasteiger partial charge is 0.444 e. The lowest BCUT2D eigenvalue weighted by Gasteiger charge is -2.43. The number of hydrogen-bond donors (Lipinski definition) is 1. The molecule has 0 aliphatic rings. The Morgan fingerprint density at radius 1 is 0.795 bits per heavy atom. The number of ether oxygens (including phenoxy) is 1. The third-order valence-corrected chi connectivity index (χ3v) is 13.4. The summed E-state index contributed by atoms with van der Waals surface area (Å²) >= 11 is 3.75. The highest BCUT2D eigenvalue weighted by Gasteiger charge is 2.50. The van der Waals surface area contributed by atoms with Crippen molar-refractivity contribution >= 4 is 40.7 Å². The first-order chi connectivity index (χ1) is 20.8. The molecule has 0 aliphatic heterocycles. The predicted octanol–water partition coefficient (Wildman–Crippen LogP) is 8.00. The zero-order valence-corrected chi connectivity index (χ0v) is 29.2. The Kier molecular flexibility index (Phi) is 10.9. The Balaban J connectivity index is 1.70. The summed E-state index contributed by atoms with van der Waals surface area (Å²) in [5.41, 5.74) is 1.85. The highest BCUT2D eigenvalue weighted by atomic mass is 79.9. The van der Waals surface area contributed by atoms with Crippen molar-refractivity contribution < 1.29 is 19.1 Å². The normalized spacial score (nSPS) is 12.9. The average molecular weight is 675 g/mol. The molecular formula is C37H44BrNO4Si. The second kappa shape index (κ2) is 14.2. The Bertz CT molecular complexity index is 1460. The fourth-order valence-corrected chi connectivity index (χ4v) is 10.6. The van der Waals surface area contributed by atoms with E-state index in [2.05, 4.69) is 85.2 Å². The van der Waals surface area contributed by atoms with Gasteiger partial charge in [-0.15, -0.1) is 0 Å². The molecule has 232 valence electrons. The highest BCUT2D eigenvalue weighted by Crippen LogP contribution is 2.38. The number of carbonyl (C=O) groups is 1. The van der Waals surface area contributed by atoms with Gasteiger partial charge in [-0.05, 0) is 58.9 Å². The van der Waals surface area contributed by atoms with Gasteiger partial charge in [-0.1, -0.05) is 140 Å². The van der Waals surface area contributed by atoms with Crippen LogP contribution in [-0.2, 0) is 22.3 Å². The van der Waals surface area contributed by atoms with E-state index >= 15 is 0 Å². The van der Waals surface area contributed by atoms with Gasteiger partial charge in [0, 0.05) is 11.0 Å². The fraction of sp³-hybridized carbons (Fsp3) is 0.324. The number of benzene rings is 4. The molecule has 0 heterocycles. The second-order valence-electron chi connectivity index (χ2n) is 13.1. The molecule has 4 aromatic carbocycles. The van der Waals surface area contributed by atoms with Gasteiger partial charge in [-0.2, -0.15) is 0 Å². The van der Waals surface area contributed by atoms with Crippen LogP contribution in [0, 0.1) is 0 Å². The molecule has 0 radical (unpaired) electrons. The van der Waals surface area contributed by atoms with Crippen LogP contribution >= 0.6 is 15.9 Å². The molecule has 0 fully saturated rings. The van der Waals surface area contributed by atoms with Crippen LogP contribution in [0.1, 0.15) is 64.3 Å². The molecule has 0 bridgehead atoms. The van der Waals surface area contributed by atoms with E-state index in [1.54, 1.807) is 4.90 Å². The van der Waals surface area contributed by atoms with Gasteiger partial charge < -0.3 is 19.2 Å². The third-order valence-electron chi connectivity index (χ3n) is 7.63. The summed E-state index contributed by atoms with van der Waals surface area (Å²) in [6.07, 6.45) is -1.44. The molecule has 1 unspecified atom stereocenters. The molecule has 0 saturated carbocycles. The molecular weight excluding hydrogens is 630 g/mol. The highest BCUT2D eigenvalue weighted by molar-refractivity contribution is 9.10. The van der Waals surface area contributed by atoms with Gasteiger partial charge in [0.15, 0.2) is 0 Å². The molecule has 1 atom stereocenters. The van der Waals surface area contributed by atoms with Crippen molar-refractivity contribution in [1.29, 1.82) is 0 Å². The number of aliphatic hydroxyl groups is 1. The predicted molar refractivity (Wildman–Crippen MR) is 185 cm³/mol. The van der Waals surface area contributed by atoms with Gasteiger partial charge in [0.2, 0.25) is 0 Å². The van der Waals surface area contributed by atoms with Crippen molar-refractivity contribution in [2.45, 2.75) is 71.4 Å². The molecule has 5 nitrogen and oxygen atoms in total. The minimum absolute atomic E-state index is 0.0620. The van der Waals surface area contributed by atoms with Crippen LogP contribution in [0.15, 0.2) is 114 Å². The number of rotatable bonds is 10. The van der Waals surface area contributed by atoms with Crippen molar-refractivity contribution in [3.8, 4) is 0 Å². The number of halogens is 1. The maximum atomic E-state index is 13.3. The van der Waals surface area contributed by atoms with Crippen LogP contribution in [0.4, 0.5) is 4.79 Å². The van der Waals surface area contributed by atoms with E-state index in [-0.39, 0.29) is 18.2 Å². The monoisotopic (exact) mass is 673 g/mol. The quantitative estimate of drug-likeness (QED) is 0.173. The maximum Gasteiger partial charge on any atom is 0.410 e. The van der Waals surface area contributed by atoms with E-state index in [1.807, 2.05) is 81.4 Å². The second-order valence-corrected chi connectivity index (χ2v) is 18.3. The van der Waals surface area contributed by atoms with Crippen LogP contribution in [0.25, 0.3) is 0 Å². The van der Waals surface area contributed by atoms with Crippen LogP contribution in [0.3, 0.4) is 0 Å². The number of nitrogens with zero attached hydrogens (tertiary/aromatic N) is 1. The SMILES string of the molecule is CC(C)(C)OC(=O)N(Cc1ccccc1)CC(O)c1cccc(Br)c1CO[Si](c1ccccc1)(c1ccccc1)C(C)(C)C. The van der Waals surface area contributed by atoms with Crippen LogP contribution in [0.5, 0.6) is 0 Å². The topological polar surface area (TPSA) is 59.0 Å². The smallest absolute Gasteiger partial charge is 0.410 e. The zero-order valence-electron chi connectivity index (χ0n) is 26.6. The molecule has 0 aliphatic carbocycles. The first-order valence-corrected chi connectivity index (χ1v) is 17.7. The number of hydrogen-bond acceptors (Lipinski definition) is 4. The summed E-state index contributed by atoms with van der Waals surface area (Å²) in [6.45, 7) is 12.9. The summed E-state index contributed by atoms with van der Waals surface area (Å²) in [4.78, 5) is 14.9. The summed E-state index contributed by atoms with van der Waals surface area (Å²) in [6, 6.07) is 36.6. The van der Waals surface area contributed by atoms with Crippen LogP contribution in [-0.4, -0.2) is 36.6 Å². The Hall–Kier alpha value is -3.23. The Morgan fingerprint density at radius 3 is 1.82 bits per heavy atom. The Morgan fingerprint density at radius 2 is 1.32 bits per heavy atom. The maximum absolute atomic E-state index is 13.3. The molecule has 7 heteroatoms. The van der Waals surface area contributed by atoms with E-state index in [0.29, 0.717) is 12.1 Å². The van der Waals surface area contributed by atoms with Gasteiger partial charge in [-0.3, -0.25) is 0 Å².